The van der Waals surface area contributed by atoms with Gasteiger partial charge in [0.05, 0.1) is 44.8 Å². The highest BCUT2D eigenvalue weighted by Gasteiger charge is 2.46. The van der Waals surface area contributed by atoms with Crippen LogP contribution in [-0.2, 0) is 19.6 Å². The van der Waals surface area contributed by atoms with Crippen LogP contribution in [0.1, 0.15) is 24.0 Å². The molecule has 1 aliphatic heterocycles. The lowest BCUT2D eigenvalue weighted by atomic mass is 9.82. The van der Waals surface area contributed by atoms with Gasteiger partial charge < -0.3 is 18.9 Å². The number of hydrogen-bond donors (Lipinski definition) is 0. The fourth-order valence-electron chi connectivity index (χ4n) is 5.14. The lowest BCUT2D eigenvalue weighted by molar-refractivity contribution is -0.943. The molecule has 0 unspecified atom stereocenters. The van der Waals surface area contributed by atoms with Crippen LogP contribution in [0.4, 0.5) is 0 Å². The van der Waals surface area contributed by atoms with Gasteiger partial charge in [-0.3, -0.25) is 9.69 Å². The highest BCUT2D eigenvalue weighted by Crippen LogP contribution is 2.34. The van der Waals surface area contributed by atoms with E-state index in [4.69, 9.17) is 9.47 Å². The number of likely N-dealkylation sites (N-methyl/N-ethyl adjacent to an activating group) is 4. The van der Waals surface area contributed by atoms with Crippen molar-refractivity contribution in [3.63, 3.8) is 0 Å². The molecule has 1 amide bonds. The normalized spacial score (nSPS) is 22.6. The molecule has 1 aromatic carbocycles. The summed E-state index contributed by atoms with van der Waals surface area (Å²) in [5, 5.41) is 0. The average Bonchev–Trinajstić information content (AvgIpc) is 2.76. The molecule has 9 nitrogen and oxygen atoms in total. The fourth-order valence-corrected chi connectivity index (χ4v) is 6.70. The molecule has 1 heterocycles. The number of carbonyl (C=O) groups excluding carboxylic acids is 1. The lowest BCUT2D eigenvalue weighted by Gasteiger charge is -2.53. The van der Waals surface area contributed by atoms with Gasteiger partial charge in [-0.1, -0.05) is 0 Å². The summed E-state index contributed by atoms with van der Waals surface area (Å²) in [4.78, 5) is 17.1. The van der Waals surface area contributed by atoms with Crippen LogP contribution in [0.3, 0.4) is 0 Å². The van der Waals surface area contributed by atoms with Crippen molar-refractivity contribution in [2.24, 2.45) is 0 Å². The van der Waals surface area contributed by atoms with E-state index in [1.54, 1.807) is 33.1 Å². The average molecular weight is 512 g/mol. The van der Waals surface area contributed by atoms with Crippen molar-refractivity contribution in [1.82, 2.24) is 14.1 Å². The molecule has 1 saturated heterocycles. The third-order valence-electron chi connectivity index (χ3n) is 8.01. The number of carbonyl (C=O) groups is 1. The van der Waals surface area contributed by atoms with Crippen LogP contribution in [0, 0.1) is 13.8 Å². The number of piperazine rings is 1. The van der Waals surface area contributed by atoms with Crippen molar-refractivity contribution >= 4 is 15.9 Å². The summed E-state index contributed by atoms with van der Waals surface area (Å²) in [7, 11) is 5.78. The number of amides is 1. The van der Waals surface area contributed by atoms with Gasteiger partial charge in [-0.25, -0.2) is 8.42 Å². The van der Waals surface area contributed by atoms with Gasteiger partial charge in [-0.2, -0.15) is 4.31 Å². The first kappa shape index (κ1) is 27.9. The van der Waals surface area contributed by atoms with Crippen molar-refractivity contribution in [3.8, 4) is 5.75 Å². The van der Waals surface area contributed by atoms with E-state index in [0.29, 0.717) is 22.9 Å². The summed E-state index contributed by atoms with van der Waals surface area (Å²) in [5.41, 5.74) is 1.27. The van der Waals surface area contributed by atoms with E-state index < -0.39 is 10.0 Å². The Morgan fingerprint density at radius 3 is 2.26 bits per heavy atom. The summed E-state index contributed by atoms with van der Waals surface area (Å²) in [6.45, 7) is 8.39. The SMILES string of the molecule is COc1cc(C)c(S(=O)(=O)N(C)CCOCC(=O)N(C)C2CC([N+]3(C)CCN(C)CC3)C2)c(C)c1. The zero-order valence-corrected chi connectivity index (χ0v) is 23.2. The van der Waals surface area contributed by atoms with Gasteiger partial charge in [0, 0.05) is 52.6 Å². The van der Waals surface area contributed by atoms with Crippen molar-refractivity contribution < 1.29 is 27.2 Å². The fraction of sp³-hybridized carbons (Fsp3) is 0.720. The van der Waals surface area contributed by atoms with Gasteiger partial charge in [-0.15, -0.1) is 0 Å². The molecule has 2 fully saturated rings. The van der Waals surface area contributed by atoms with E-state index >= 15 is 0 Å². The monoisotopic (exact) mass is 511 g/mol. The molecule has 198 valence electrons. The van der Waals surface area contributed by atoms with Crippen LogP contribution in [0.5, 0.6) is 5.75 Å². The van der Waals surface area contributed by atoms with E-state index in [1.165, 1.54) is 24.4 Å². The first-order valence-corrected chi connectivity index (χ1v) is 13.8. The van der Waals surface area contributed by atoms with E-state index in [9.17, 15) is 13.2 Å². The standard InChI is InChI=1S/C25H43N4O5S/c1-19-14-23(33-7)15-20(2)25(19)35(31,32)27(4)10-13-34-18-24(30)28(5)21-16-22(17-21)29(6)11-8-26(3)9-12-29/h14-15,21-22H,8-13,16-18H2,1-7H3/q+1. The van der Waals surface area contributed by atoms with Crippen LogP contribution in [-0.4, -0.2) is 126 Å². The molecule has 10 heteroatoms. The molecule has 0 radical (unpaired) electrons. The highest BCUT2D eigenvalue weighted by atomic mass is 32.2. The highest BCUT2D eigenvalue weighted by molar-refractivity contribution is 7.89. The Kier molecular flexibility index (Phi) is 8.86. The number of ether oxygens (including phenoxy) is 2. The number of hydrogen-bond acceptors (Lipinski definition) is 6. The Morgan fingerprint density at radius 1 is 1.14 bits per heavy atom. The second-order valence-electron chi connectivity index (χ2n) is 10.5. The van der Waals surface area contributed by atoms with Gasteiger partial charge in [-0.05, 0) is 44.2 Å². The van der Waals surface area contributed by atoms with Crippen LogP contribution in [0.2, 0.25) is 0 Å². The predicted molar refractivity (Wildman–Crippen MR) is 136 cm³/mol. The molecule has 0 N–H and O–H groups in total. The van der Waals surface area contributed by atoms with Gasteiger partial charge >= 0.3 is 0 Å². The molecular weight excluding hydrogens is 468 g/mol. The van der Waals surface area contributed by atoms with Crippen LogP contribution < -0.4 is 4.74 Å². The molecule has 3 rings (SSSR count). The molecule has 1 aliphatic carbocycles. The Balaban J connectivity index is 1.43. The molecule has 1 aromatic rings. The molecule has 0 atom stereocenters. The first-order valence-electron chi connectivity index (χ1n) is 12.4. The number of benzene rings is 1. The Hall–Kier alpha value is -1.72. The summed E-state index contributed by atoms with van der Waals surface area (Å²) in [6, 6.07) is 4.31. The number of rotatable bonds is 10. The summed E-state index contributed by atoms with van der Waals surface area (Å²) < 4.78 is 39.4. The van der Waals surface area contributed by atoms with Gasteiger partial charge in [0.1, 0.15) is 12.4 Å². The second-order valence-corrected chi connectivity index (χ2v) is 12.5. The quantitative estimate of drug-likeness (QED) is 0.348. The van der Waals surface area contributed by atoms with Crippen molar-refractivity contribution in [3.05, 3.63) is 23.3 Å². The minimum absolute atomic E-state index is 0.0386. The number of methoxy groups -OCH3 is 1. The maximum atomic E-state index is 13.1. The first-order chi connectivity index (χ1) is 16.4. The predicted octanol–water partition coefficient (Wildman–Crippen LogP) is 1.33. The molecule has 35 heavy (non-hydrogen) atoms. The van der Waals surface area contributed by atoms with E-state index in [0.717, 1.165) is 30.4 Å². The van der Waals surface area contributed by atoms with E-state index in [-0.39, 0.29) is 36.6 Å². The van der Waals surface area contributed by atoms with Gasteiger partial charge in [0.25, 0.3) is 0 Å². The summed E-state index contributed by atoms with van der Waals surface area (Å²) >= 11 is 0. The van der Waals surface area contributed by atoms with Crippen molar-refractivity contribution in [2.45, 2.75) is 43.7 Å². The maximum Gasteiger partial charge on any atom is 0.248 e. The van der Waals surface area contributed by atoms with Gasteiger partial charge in [0.15, 0.2) is 0 Å². The maximum absolute atomic E-state index is 13.1. The molecule has 0 bridgehead atoms. The van der Waals surface area contributed by atoms with Gasteiger partial charge in [0.2, 0.25) is 15.9 Å². The minimum Gasteiger partial charge on any atom is -0.497 e. The molecule has 2 aliphatic rings. The van der Waals surface area contributed by atoms with E-state index in [2.05, 4.69) is 19.0 Å². The van der Waals surface area contributed by atoms with Crippen LogP contribution >= 0.6 is 0 Å². The minimum atomic E-state index is -3.68. The molecule has 0 spiro atoms. The van der Waals surface area contributed by atoms with Crippen molar-refractivity contribution in [2.75, 3.05) is 81.2 Å². The zero-order chi connectivity index (χ0) is 26.0. The van der Waals surface area contributed by atoms with Crippen LogP contribution in [0.15, 0.2) is 17.0 Å². The third kappa shape index (κ3) is 6.17. The van der Waals surface area contributed by atoms with Crippen LogP contribution in [0.25, 0.3) is 0 Å². The Bertz CT molecular complexity index is 978. The zero-order valence-electron chi connectivity index (χ0n) is 22.4. The number of nitrogens with zero attached hydrogens (tertiary/aromatic N) is 4. The smallest absolute Gasteiger partial charge is 0.248 e. The number of sulfonamides is 1. The topological polar surface area (TPSA) is 79.4 Å². The largest absolute Gasteiger partial charge is 0.497 e. The lowest BCUT2D eigenvalue weighted by Crippen LogP contribution is -2.67. The van der Waals surface area contributed by atoms with E-state index in [1.807, 2.05) is 11.9 Å². The number of aryl methyl sites for hydroxylation is 2. The Morgan fingerprint density at radius 2 is 1.71 bits per heavy atom. The molecule has 1 saturated carbocycles. The third-order valence-corrected chi connectivity index (χ3v) is 10.2. The number of quaternary nitrogens is 1. The molecular formula is C25H43N4O5S+. The summed E-state index contributed by atoms with van der Waals surface area (Å²) in [5.74, 6) is 0.576. The Labute approximate surface area is 211 Å². The second kappa shape index (κ2) is 11.1. The molecule has 0 aromatic heterocycles. The van der Waals surface area contributed by atoms with Crippen molar-refractivity contribution in [1.29, 1.82) is 0 Å². The summed E-state index contributed by atoms with van der Waals surface area (Å²) in [6.07, 6.45) is 2.06.